The van der Waals surface area contributed by atoms with Crippen LogP contribution in [0.2, 0.25) is 5.02 Å². The summed E-state index contributed by atoms with van der Waals surface area (Å²) in [6.07, 6.45) is 3.40. The van der Waals surface area contributed by atoms with E-state index in [1.165, 1.54) is 9.80 Å². The number of hydrogen-bond acceptors (Lipinski definition) is 7. The van der Waals surface area contributed by atoms with Crippen LogP contribution in [0, 0.1) is 18.8 Å². The number of para-hydroxylation sites is 1. The molecule has 3 amide bonds. The van der Waals surface area contributed by atoms with Crippen molar-refractivity contribution in [3.05, 3.63) is 90.0 Å². The zero-order valence-electron chi connectivity index (χ0n) is 27.0. The third kappa shape index (κ3) is 6.45. The molecular formula is C36H41BrClN3O7. The Morgan fingerprint density at radius 3 is 2.58 bits per heavy atom. The molecule has 8 atom stereocenters. The van der Waals surface area contributed by atoms with Crippen LogP contribution in [0.3, 0.4) is 0 Å². The van der Waals surface area contributed by atoms with Crippen LogP contribution >= 0.6 is 27.5 Å². The van der Waals surface area contributed by atoms with Crippen molar-refractivity contribution in [1.29, 1.82) is 0 Å². The second-order valence-corrected chi connectivity index (χ2v) is 14.1. The zero-order valence-corrected chi connectivity index (χ0v) is 29.4. The van der Waals surface area contributed by atoms with Gasteiger partial charge in [-0.05, 0) is 43.9 Å². The molecule has 3 heterocycles. The monoisotopic (exact) mass is 741 g/mol. The lowest BCUT2D eigenvalue weighted by molar-refractivity contribution is -0.146. The van der Waals surface area contributed by atoms with Gasteiger partial charge in [0, 0.05) is 17.8 Å². The van der Waals surface area contributed by atoms with E-state index in [0.717, 1.165) is 5.56 Å². The molecule has 2 aromatic rings. The van der Waals surface area contributed by atoms with Crippen LogP contribution in [0.4, 0.5) is 5.69 Å². The maximum atomic E-state index is 14.8. The molecule has 3 aliphatic heterocycles. The van der Waals surface area contributed by atoms with Crippen molar-refractivity contribution in [3.63, 3.8) is 0 Å². The fourth-order valence-corrected chi connectivity index (χ4v) is 8.65. The largest absolute Gasteiger partial charge is 0.463 e. The van der Waals surface area contributed by atoms with Crippen molar-refractivity contribution in [1.82, 2.24) is 10.2 Å². The Labute approximate surface area is 294 Å². The van der Waals surface area contributed by atoms with Gasteiger partial charge in [0.05, 0.1) is 47.3 Å². The van der Waals surface area contributed by atoms with Crippen LogP contribution < -0.4 is 10.2 Å². The van der Waals surface area contributed by atoms with Gasteiger partial charge in [0.25, 0.3) is 5.91 Å². The van der Waals surface area contributed by atoms with Gasteiger partial charge < -0.3 is 29.7 Å². The number of esters is 1. The van der Waals surface area contributed by atoms with E-state index in [1.807, 2.05) is 43.3 Å². The minimum absolute atomic E-state index is 0.103. The lowest BCUT2D eigenvalue weighted by Gasteiger charge is -2.39. The first-order valence-corrected chi connectivity index (χ1v) is 17.3. The van der Waals surface area contributed by atoms with E-state index in [2.05, 4.69) is 34.4 Å². The molecule has 2 bridgehead atoms. The normalized spacial score (nSPS) is 26.8. The van der Waals surface area contributed by atoms with Crippen LogP contribution in [0.5, 0.6) is 0 Å². The number of alkyl halides is 1. The van der Waals surface area contributed by atoms with Crippen LogP contribution in [-0.2, 0) is 28.7 Å². The average Bonchev–Trinajstić information content (AvgIpc) is 3.67. The Morgan fingerprint density at radius 2 is 1.94 bits per heavy atom. The molecule has 0 aromatic heterocycles. The quantitative estimate of drug-likeness (QED) is 0.164. The second-order valence-electron chi connectivity index (χ2n) is 12.6. The molecule has 1 spiro atoms. The number of aryl methyl sites for hydroxylation is 1. The number of benzene rings is 2. The molecule has 3 saturated heterocycles. The predicted octanol–water partition coefficient (Wildman–Crippen LogP) is 4.66. The van der Waals surface area contributed by atoms with E-state index in [4.69, 9.17) is 21.1 Å². The van der Waals surface area contributed by atoms with Gasteiger partial charge in [-0.1, -0.05) is 82.1 Å². The predicted molar refractivity (Wildman–Crippen MR) is 186 cm³/mol. The number of aliphatic hydroxyl groups is 1. The molecular weight excluding hydrogens is 702 g/mol. The van der Waals surface area contributed by atoms with Gasteiger partial charge in [0.2, 0.25) is 11.8 Å². The summed E-state index contributed by atoms with van der Waals surface area (Å²) in [6.45, 7) is 10.6. The van der Waals surface area contributed by atoms with E-state index < -0.39 is 72.0 Å². The number of hydrogen-bond donors (Lipinski definition) is 2. The third-order valence-electron chi connectivity index (χ3n) is 9.52. The number of ether oxygens (including phenoxy) is 2. The van der Waals surface area contributed by atoms with Crippen LogP contribution in [0.15, 0.2) is 73.8 Å². The maximum Gasteiger partial charge on any atom is 0.306 e. The van der Waals surface area contributed by atoms with Crippen LogP contribution in [0.1, 0.15) is 43.4 Å². The number of allylic oxidation sites excluding steroid dienone is 1. The standard InChI is InChI=1S/C36H41BrClN3O7/c1-5-7-16-27(43)47-20-26(23-13-9-8-10-14-23)39-33(44)28-29-34(45)41(22(4)19-42)32(36(29)18-24(37)31(28)48-36)35(46)40(17-6-2)30-21(3)12-11-15-25(30)38/h5-6,8-15,22,24,26,28-29,31-32,42H,1-2,7,16-20H2,3-4H3,(H,39,44)/t22-,24?,26-,28-,29+,31-,32-,36+/m1/s1. The SMILES string of the molecule is C=CCCC(=O)OC[C@@H](NC(=O)[C@H]1[C@@H]2O[C@@]3(CC2Br)[C@@H]1C(=O)N([C@H](C)CO)[C@@H]3C(=O)N(CC=C)c1c(C)cccc1Cl)c1ccccc1. The molecule has 5 rings (SSSR count). The van der Waals surface area contributed by atoms with Crippen molar-refractivity contribution in [3.8, 4) is 0 Å². The Morgan fingerprint density at radius 1 is 1.21 bits per heavy atom. The van der Waals surface area contributed by atoms with E-state index in [0.29, 0.717) is 22.7 Å². The van der Waals surface area contributed by atoms with Crippen molar-refractivity contribution in [2.75, 3.05) is 24.7 Å². The van der Waals surface area contributed by atoms with Crippen molar-refractivity contribution >= 4 is 56.9 Å². The van der Waals surface area contributed by atoms with Gasteiger partial charge in [-0.3, -0.25) is 19.2 Å². The maximum absolute atomic E-state index is 14.8. The highest BCUT2D eigenvalue weighted by atomic mass is 79.9. The number of aliphatic hydroxyl groups excluding tert-OH is 1. The number of rotatable bonds is 14. The molecule has 3 fully saturated rings. The summed E-state index contributed by atoms with van der Waals surface area (Å²) in [5.41, 5.74) is 0.584. The highest BCUT2D eigenvalue weighted by Crippen LogP contribution is 2.60. The number of fused-ring (bicyclic) bond motifs is 1. The molecule has 0 saturated carbocycles. The first-order valence-electron chi connectivity index (χ1n) is 16.0. The van der Waals surface area contributed by atoms with Gasteiger partial charge in [-0.25, -0.2) is 0 Å². The number of likely N-dealkylation sites (tertiary alicyclic amines) is 1. The molecule has 0 aliphatic carbocycles. The molecule has 2 aromatic carbocycles. The fraction of sp³-hybridized carbons (Fsp3) is 0.444. The average molecular weight is 743 g/mol. The Hall–Kier alpha value is -3.51. The lowest BCUT2D eigenvalue weighted by Crippen LogP contribution is -2.59. The van der Waals surface area contributed by atoms with Gasteiger partial charge in [-0.2, -0.15) is 0 Å². The number of anilines is 1. The number of halogens is 2. The molecule has 0 radical (unpaired) electrons. The van der Waals surface area contributed by atoms with E-state index in [-0.39, 0.29) is 30.8 Å². The minimum Gasteiger partial charge on any atom is -0.463 e. The Balaban J connectivity index is 1.51. The van der Waals surface area contributed by atoms with Gasteiger partial charge >= 0.3 is 5.97 Å². The fourth-order valence-electron chi connectivity index (χ4n) is 7.38. The van der Waals surface area contributed by atoms with Crippen molar-refractivity contribution < 1.29 is 33.8 Å². The van der Waals surface area contributed by atoms with Gasteiger partial charge in [0.1, 0.15) is 18.2 Å². The molecule has 10 nitrogen and oxygen atoms in total. The minimum atomic E-state index is -1.37. The highest BCUT2D eigenvalue weighted by Gasteiger charge is 2.77. The first-order chi connectivity index (χ1) is 23.0. The zero-order chi connectivity index (χ0) is 34.7. The molecule has 48 heavy (non-hydrogen) atoms. The molecule has 12 heteroatoms. The summed E-state index contributed by atoms with van der Waals surface area (Å²) in [5.74, 6) is -3.76. The van der Waals surface area contributed by atoms with Gasteiger partial charge in [0.15, 0.2) is 0 Å². The molecule has 3 aliphatic rings. The third-order valence-corrected chi connectivity index (χ3v) is 10.7. The summed E-state index contributed by atoms with van der Waals surface area (Å²) in [7, 11) is 0. The van der Waals surface area contributed by atoms with Crippen LogP contribution in [-0.4, -0.2) is 82.1 Å². The van der Waals surface area contributed by atoms with Crippen molar-refractivity contribution in [2.24, 2.45) is 11.8 Å². The Kier molecular flexibility index (Phi) is 11.1. The smallest absolute Gasteiger partial charge is 0.306 e. The van der Waals surface area contributed by atoms with E-state index in [1.54, 1.807) is 31.2 Å². The molecule has 256 valence electrons. The topological polar surface area (TPSA) is 125 Å². The van der Waals surface area contributed by atoms with Gasteiger partial charge in [-0.15, -0.1) is 13.2 Å². The summed E-state index contributed by atoms with van der Waals surface area (Å²) in [4.78, 5) is 58.5. The van der Waals surface area contributed by atoms with Crippen molar-refractivity contribution in [2.45, 2.75) is 67.8 Å². The summed E-state index contributed by atoms with van der Waals surface area (Å²) in [5, 5.41) is 13.7. The summed E-state index contributed by atoms with van der Waals surface area (Å²) < 4.78 is 12.2. The number of carbonyl (C=O) groups is 4. The summed E-state index contributed by atoms with van der Waals surface area (Å²) in [6, 6.07) is 11.8. The van der Waals surface area contributed by atoms with E-state index in [9.17, 15) is 24.3 Å². The first kappa shape index (κ1) is 35.8. The number of carbonyl (C=O) groups excluding carboxylic acids is 4. The van der Waals surface area contributed by atoms with E-state index >= 15 is 0 Å². The lowest BCUT2D eigenvalue weighted by atomic mass is 9.70. The molecule has 2 N–H and O–H groups in total. The number of nitrogens with zero attached hydrogens (tertiary/aromatic N) is 2. The second kappa shape index (κ2) is 14.9. The molecule has 1 unspecified atom stereocenters. The summed E-state index contributed by atoms with van der Waals surface area (Å²) >= 11 is 10.3. The Bertz CT molecular complexity index is 1550. The number of nitrogens with one attached hydrogen (secondary N) is 1. The highest BCUT2D eigenvalue weighted by molar-refractivity contribution is 9.09. The van der Waals surface area contributed by atoms with Crippen LogP contribution in [0.25, 0.3) is 0 Å². The number of amides is 3.